The van der Waals surface area contributed by atoms with Gasteiger partial charge >= 0.3 is 0 Å². The van der Waals surface area contributed by atoms with Gasteiger partial charge in [0.25, 0.3) is 5.91 Å². The number of carbonyl (C=O) groups excluding carboxylic acids is 1. The number of hydrogen-bond donors (Lipinski definition) is 2. The molecule has 0 spiro atoms. The number of carbonyl (C=O) groups is 1. The molecule has 0 bridgehead atoms. The Hall–Kier alpha value is -0.870. The van der Waals surface area contributed by atoms with Crippen molar-refractivity contribution in [3.63, 3.8) is 0 Å². The second-order valence-corrected chi connectivity index (χ2v) is 6.14. The van der Waals surface area contributed by atoms with Gasteiger partial charge in [0.05, 0.1) is 11.0 Å². The minimum atomic E-state index is -0.304. The summed E-state index contributed by atoms with van der Waals surface area (Å²) in [6.45, 7) is 6.03. The van der Waals surface area contributed by atoms with E-state index in [1.54, 1.807) is 0 Å². The molecule has 0 aliphatic heterocycles. The van der Waals surface area contributed by atoms with Crippen LogP contribution < -0.4 is 5.32 Å². The average molecular weight is 253 g/mol. The maximum atomic E-state index is 12.1. The molecule has 0 saturated heterocycles. The SMILES string of the molecule is CCc1ccsc1C(=O)NC1CC(O)C1(C)C. The summed E-state index contributed by atoms with van der Waals surface area (Å²) in [4.78, 5) is 12.9. The number of aliphatic hydroxyl groups excluding tert-OH is 1. The molecule has 2 rings (SSSR count). The van der Waals surface area contributed by atoms with Crippen LogP contribution in [0.3, 0.4) is 0 Å². The zero-order valence-electron chi connectivity index (χ0n) is 10.5. The van der Waals surface area contributed by atoms with Crippen LogP contribution in [0.5, 0.6) is 0 Å². The molecule has 0 radical (unpaired) electrons. The van der Waals surface area contributed by atoms with Crippen molar-refractivity contribution in [2.24, 2.45) is 5.41 Å². The number of aryl methyl sites for hydroxylation is 1. The summed E-state index contributed by atoms with van der Waals surface area (Å²) >= 11 is 1.49. The van der Waals surface area contributed by atoms with Gasteiger partial charge in [-0.15, -0.1) is 11.3 Å². The van der Waals surface area contributed by atoms with E-state index in [9.17, 15) is 9.90 Å². The van der Waals surface area contributed by atoms with Crippen LogP contribution in [-0.2, 0) is 6.42 Å². The fraction of sp³-hybridized carbons (Fsp3) is 0.615. The van der Waals surface area contributed by atoms with Crippen molar-refractivity contribution in [3.8, 4) is 0 Å². The Morgan fingerprint density at radius 3 is 2.88 bits per heavy atom. The number of aliphatic hydroxyl groups is 1. The lowest BCUT2D eigenvalue weighted by molar-refractivity contribution is -0.0689. The summed E-state index contributed by atoms with van der Waals surface area (Å²) in [7, 11) is 0. The summed E-state index contributed by atoms with van der Waals surface area (Å²) in [5.74, 6) is 0.00169. The number of thiophene rings is 1. The normalized spacial score (nSPS) is 26.4. The summed E-state index contributed by atoms with van der Waals surface area (Å²) in [6.07, 6.45) is 1.23. The van der Waals surface area contributed by atoms with Gasteiger partial charge < -0.3 is 10.4 Å². The van der Waals surface area contributed by atoms with Gasteiger partial charge in [0.15, 0.2) is 0 Å². The Labute approximate surface area is 106 Å². The lowest BCUT2D eigenvalue weighted by Gasteiger charge is -2.49. The third-order valence-corrected chi connectivity index (χ3v) is 4.81. The van der Waals surface area contributed by atoms with Gasteiger partial charge in [-0.3, -0.25) is 4.79 Å². The van der Waals surface area contributed by atoms with Crippen LogP contribution in [0.1, 0.15) is 42.4 Å². The fourth-order valence-electron chi connectivity index (χ4n) is 2.18. The largest absolute Gasteiger partial charge is 0.392 e. The standard InChI is InChI=1S/C13H19NO2S/c1-4-8-5-6-17-11(8)12(16)14-9-7-10(15)13(9,2)3/h5-6,9-10,15H,4,7H2,1-3H3,(H,14,16). The first-order valence-electron chi connectivity index (χ1n) is 6.02. The first kappa shape index (κ1) is 12.6. The van der Waals surface area contributed by atoms with Gasteiger partial charge in [-0.1, -0.05) is 20.8 Å². The molecule has 3 nitrogen and oxygen atoms in total. The summed E-state index contributed by atoms with van der Waals surface area (Å²) in [5.41, 5.74) is 0.893. The number of hydrogen-bond acceptors (Lipinski definition) is 3. The van der Waals surface area contributed by atoms with Crippen molar-refractivity contribution in [3.05, 3.63) is 21.9 Å². The van der Waals surface area contributed by atoms with Crippen molar-refractivity contribution in [2.45, 2.75) is 45.8 Å². The van der Waals surface area contributed by atoms with Crippen LogP contribution in [0.15, 0.2) is 11.4 Å². The molecular formula is C13H19NO2S. The Bertz CT molecular complexity index is 425. The van der Waals surface area contributed by atoms with Gasteiger partial charge in [-0.25, -0.2) is 0 Å². The van der Waals surface area contributed by atoms with Crippen LogP contribution in [0.25, 0.3) is 0 Å². The zero-order valence-corrected chi connectivity index (χ0v) is 11.3. The lowest BCUT2D eigenvalue weighted by atomic mass is 9.64. The van der Waals surface area contributed by atoms with Gasteiger partial charge in [-0.05, 0) is 29.9 Å². The topological polar surface area (TPSA) is 49.3 Å². The maximum Gasteiger partial charge on any atom is 0.261 e. The summed E-state index contributed by atoms with van der Waals surface area (Å²) in [6, 6.07) is 2.08. The fourth-order valence-corrected chi connectivity index (χ4v) is 3.08. The predicted molar refractivity (Wildman–Crippen MR) is 69.4 cm³/mol. The zero-order chi connectivity index (χ0) is 12.6. The molecule has 0 aromatic carbocycles. The monoisotopic (exact) mass is 253 g/mol. The van der Waals surface area contributed by atoms with E-state index in [4.69, 9.17) is 0 Å². The smallest absolute Gasteiger partial charge is 0.261 e. The molecule has 1 amide bonds. The van der Waals surface area contributed by atoms with Crippen LogP contribution in [0.4, 0.5) is 0 Å². The number of amides is 1. The van der Waals surface area contributed by atoms with E-state index < -0.39 is 0 Å². The highest BCUT2D eigenvalue weighted by Gasteiger charge is 2.48. The van der Waals surface area contributed by atoms with Crippen LogP contribution in [0, 0.1) is 5.41 Å². The highest BCUT2D eigenvalue weighted by atomic mass is 32.1. The van der Waals surface area contributed by atoms with E-state index in [0.717, 1.165) is 16.9 Å². The maximum absolute atomic E-state index is 12.1. The second kappa shape index (κ2) is 4.42. The third kappa shape index (κ3) is 2.11. The van der Waals surface area contributed by atoms with Gasteiger partial charge in [0.2, 0.25) is 0 Å². The Kier molecular flexibility index (Phi) is 3.27. The highest BCUT2D eigenvalue weighted by Crippen LogP contribution is 2.40. The molecule has 1 fully saturated rings. The molecule has 1 aromatic rings. The Balaban J connectivity index is 2.04. The average Bonchev–Trinajstić information content (AvgIpc) is 2.76. The van der Waals surface area contributed by atoms with Crippen LogP contribution >= 0.6 is 11.3 Å². The molecule has 1 aliphatic rings. The highest BCUT2D eigenvalue weighted by molar-refractivity contribution is 7.12. The Morgan fingerprint density at radius 1 is 1.65 bits per heavy atom. The van der Waals surface area contributed by atoms with E-state index in [-0.39, 0.29) is 23.5 Å². The van der Waals surface area contributed by atoms with E-state index >= 15 is 0 Å². The molecule has 4 heteroatoms. The van der Waals surface area contributed by atoms with E-state index in [1.807, 2.05) is 25.3 Å². The quantitative estimate of drug-likeness (QED) is 0.867. The van der Waals surface area contributed by atoms with Crippen molar-refractivity contribution >= 4 is 17.2 Å². The molecule has 17 heavy (non-hydrogen) atoms. The van der Waals surface area contributed by atoms with Gasteiger partial charge in [-0.2, -0.15) is 0 Å². The van der Waals surface area contributed by atoms with Crippen molar-refractivity contribution in [2.75, 3.05) is 0 Å². The van der Waals surface area contributed by atoms with Crippen LogP contribution in [0.2, 0.25) is 0 Å². The van der Waals surface area contributed by atoms with E-state index in [2.05, 4.69) is 12.2 Å². The lowest BCUT2D eigenvalue weighted by Crippen LogP contribution is -2.61. The molecule has 2 atom stereocenters. The molecular weight excluding hydrogens is 234 g/mol. The summed E-state index contributed by atoms with van der Waals surface area (Å²) < 4.78 is 0. The number of nitrogens with one attached hydrogen (secondary N) is 1. The second-order valence-electron chi connectivity index (χ2n) is 5.23. The van der Waals surface area contributed by atoms with Crippen molar-refractivity contribution in [1.82, 2.24) is 5.32 Å². The third-order valence-electron chi connectivity index (χ3n) is 3.86. The molecule has 2 unspecified atom stereocenters. The molecule has 1 aliphatic carbocycles. The minimum absolute atomic E-state index is 0.00169. The molecule has 1 aromatic heterocycles. The molecule has 94 valence electrons. The summed E-state index contributed by atoms with van der Waals surface area (Å²) in [5, 5.41) is 14.6. The van der Waals surface area contributed by atoms with E-state index in [0.29, 0.717) is 6.42 Å². The molecule has 2 N–H and O–H groups in total. The van der Waals surface area contributed by atoms with Gasteiger partial charge in [0, 0.05) is 11.5 Å². The van der Waals surface area contributed by atoms with Crippen LogP contribution in [-0.4, -0.2) is 23.2 Å². The van der Waals surface area contributed by atoms with E-state index in [1.165, 1.54) is 11.3 Å². The minimum Gasteiger partial charge on any atom is -0.392 e. The molecule has 1 heterocycles. The first-order valence-corrected chi connectivity index (χ1v) is 6.90. The van der Waals surface area contributed by atoms with Crippen molar-refractivity contribution in [1.29, 1.82) is 0 Å². The first-order chi connectivity index (χ1) is 7.96. The number of rotatable bonds is 3. The predicted octanol–water partition coefficient (Wildman–Crippen LogP) is 2.20. The molecule has 1 saturated carbocycles. The van der Waals surface area contributed by atoms with Crippen molar-refractivity contribution < 1.29 is 9.90 Å². The Morgan fingerprint density at radius 2 is 2.35 bits per heavy atom. The van der Waals surface area contributed by atoms with Gasteiger partial charge in [0.1, 0.15) is 0 Å².